The van der Waals surface area contributed by atoms with Gasteiger partial charge in [-0.1, -0.05) is 0 Å². The SMILES string of the molecule is O=C(NN=C1CC(C(=O)O)(C(=O)O)C1)C1CCC(CN2C(=O)C=CC2=O)CC1. The summed E-state index contributed by atoms with van der Waals surface area (Å²) in [6.07, 6.45) is 4.65. The maximum atomic E-state index is 12.2. The number of nitrogens with zero attached hydrogens (tertiary/aromatic N) is 2. The van der Waals surface area contributed by atoms with Crippen molar-refractivity contribution in [3.8, 4) is 0 Å². The highest BCUT2D eigenvalue weighted by molar-refractivity contribution is 6.13. The van der Waals surface area contributed by atoms with Gasteiger partial charge in [-0.2, -0.15) is 5.10 Å². The Morgan fingerprint density at radius 2 is 1.57 bits per heavy atom. The van der Waals surface area contributed by atoms with Gasteiger partial charge in [-0.15, -0.1) is 0 Å². The molecule has 150 valence electrons. The zero-order valence-corrected chi connectivity index (χ0v) is 15.1. The van der Waals surface area contributed by atoms with E-state index >= 15 is 0 Å². The molecule has 0 spiro atoms. The van der Waals surface area contributed by atoms with Gasteiger partial charge >= 0.3 is 11.9 Å². The van der Waals surface area contributed by atoms with Crippen LogP contribution in [-0.4, -0.2) is 57.0 Å². The predicted octanol–water partition coefficient (Wildman–Crippen LogP) is 0.139. The molecule has 2 saturated carbocycles. The molecule has 0 bridgehead atoms. The van der Waals surface area contributed by atoms with Gasteiger partial charge in [0.25, 0.3) is 11.8 Å². The zero-order chi connectivity index (χ0) is 20.5. The van der Waals surface area contributed by atoms with E-state index in [2.05, 4.69) is 10.5 Å². The van der Waals surface area contributed by atoms with Crippen LogP contribution in [0.1, 0.15) is 38.5 Å². The first-order valence-electron chi connectivity index (χ1n) is 9.08. The van der Waals surface area contributed by atoms with Gasteiger partial charge in [0.05, 0.1) is 0 Å². The van der Waals surface area contributed by atoms with Gasteiger partial charge in [0.2, 0.25) is 5.91 Å². The Hall–Kier alpha value is -3.04. The van der Waals surface area contributed by atoms with Crippen molar-refractivity contribution < 1.29 is 34.2 Å². The number of carbonyl (C=O) groups is 5. The van der Waals surface area contributed by atoms with Gasteiger partial charge in [0.1, 0.15) is 0 Å². The molecule has 3 N–H and O–H groups in total. The molecule has 2 fully saturated rings. The van der Waals surface area contributed by atoms with Gasteiger partial charge in [0.15, 0.2) is 5.41 Å². The first-order valence-corrected chi connectivity index (χ1v) is 9.08. The van der Waals surface area contributed by atoms with Crippen molar-refractivity contribution in [1.82, 2.24) is 10.3 Å². The van der Waals surface area contributed by atoms with E-state index in [1.165, 1.54) is 17.1 Å². The molecular formula is C18H21N3O7. The summed E-state index contributed by atoms with van der Waals surface area (Å²) in [7, 11) is 0. The minimum atomic E-state index is -1.85. The van der Waals surface area contributed by atoms with Gasteiger partial charge in [0, 0.05) is 43.2 Å². The fraction of sp³-hybridized carbons (Fsp3) is 0.556. The molecule has 0 aromatic heterocycles. The minimum absolute atomic E-state index is 0.154. The van der Waals surface area contributed by atoms with Gasteiger partial charge in [-0.3, -0.25) is 28.9 Å². The molecule has 1 aliphatic heterocycles. The highest BCUT2D eigenvalue weighted by atomic mass is 16.4. The maximum absolute atomic E-state index is 12.2. The van der Waals surface area contributed by atoms with Crippen molar-refractivity contribution in [2.24, 2.45) is 22.4 Å². The lowest BCUT2D eigenvalue weighted by molar-refractivity contribution is -0.165. The van der Waals surface area contributed by atoms with E-state index in [9.17, 15) is 24.0 Å². The monoisotopic (exact) mass is 391 g/mol. The number of carboxylic acids is 2. The molecule has 0 radical (unpaired) electrons. The van der Waals surface area contributed by atoms with Crippen LogP contribution in [0, 0.1) is 17.3 Å². The second kappa shape index (κ2) is 7.53. The number of hydrazone groups is 1. The summed E-state index contributed by atoms with van der Waals surface area (Å²) in [5.41, 5.74) is 0.899. The Bertz CT molecular complexity index is 751. The van der Waals surface area contributed by atoms with Crippen LogP contribution in [0.4, 0.5) is 0 Å². The average Bonchev–Trinajstić information content (AvgIpc) is 2.92. The summed E-state index contributed by atoms with van der Waals surface area (Å²) in [6, 6.07) is 0. The van der Waals surface area contributed by atoms with Crippen LogP contribution < -0.4 is 5.43 Å². The normalized spacial score (nSPS) is 26.0. The van der Waals surface area contributed by atoms with E-state index in [0.717, 1.165) is 0 Å². The summed E-state index contributed by atoms with van der Waals surface area (Å²) < 4.78 is 0. The molecule has 28 heavy (non-hydrogen) atoms. The van der Waals surface area contributed by atoms with Crippen molar-refractivity contribution in [1.29, 1.82) is 0 Å². The minimum Gasteiger partial charge on any atom is -0.480 e. The Labute approximate surface area is 160 Å². The topological polar surface area (TPSA) is 153 Å². The highest BCUT2D eigenvalue weighted by Crippen LogP contribution is 2.39. The van der Waals surface area contributed by atoms with E-state index in [-0.39, 0.29) is 42.4 Å². The Kier molecular flexibility index (Phi) is 5.30. The Morgan fingerprint density at radius 3 is 2.07 bits per heavy atom. The van der Waals surface area contributed by atoms with E-state index < -0.39 is 17.4 Å². The molecule has 3 amide bonds. The van der Waals surface area contributed by atoms with Crippen LogP contribution in [-0.2, 0) is 24.0 Å². The third-order valence-corrected chi connectivity index (χ3v) is 5.71. The van der Waals surface area contributed by atoms with E-state index in [1.54, 1.807) is 0 Å². The molecule has 0 aromatic rings. The fourth-order valence-corrected chi connectivity index (χ4v) is 3.82. The zero-order valence-electron chi connectivity index (χ0n) is 15.1. The second-order valence-electron chi connectivity index (χ2n) is 7.54. The molecule has 0 atom stereocenters. The number of carboxylic acid groups (broad SMARTS) is 2. The van der Waals surface area contributed by atoms with Crippen molar-refractivity contribution in [2.45, 2.75) is 38.5 Å². The number of hydrogen-bond donors (Lipinski definition) is 3. The molecular weight excluding hydrogens is 370 g/mol. The molecule has 0 unspecified atom stereocenters. The van der Waals surface area contributed by atoms with Crippen molar-refractivity contribution >= 4 is 35.4 Å². The second-order valence-corrected chi connectivity index (χ2v) is 7.54. The number of nitrogens with one attached hydrogen (secondary N) is 1. The smallest absolute Gasteiger partial charge is 0.321 e. The Morgan fingerprint density at radius 1 is 1.04 bits per heavy atom. The van der Waals surface area contributed by atoms with Gasteiger partial charge in [-0.05, 0) is 31.6 Å². The molecule has 3 aliphatic rings. The van der Waals surface area contributed by atoms with Crippen LogP contribution in [0.5, 0.6) is 0 Å². The van der Waals surface area contributed by atoms with Crippen molar-refractivity contribution in [2.75, 3.05) is 6.54 Å². The van der Waals surface area contributed by atoms with E-state index in [4.69, 9.17) is 10.2 Å². The standard InChI is InChI=1S/C18H21N3O7/c22-13-5-6-14(23)21(13)9-10-1-3-11(4-2-10)15(24)20-19-12-7-18(8-12,16(25)26)17(27)28/h5-6,10-11H,1-4,7-9H2,(H,20,24)(H,25,26)(H,27,28). The van der Waals surface area contributed by atoms with Crippen molar-refractivity contribution in [3.05, 3.63) is 12.2 Å². The molecule has 3 rings (SSSR count). The summed E-state index contributed by atoms with van der Waals surface area (Å²) in [5.74, 6) is -3.82. The lowest BCUT2D eigenvalue weighted by atomic mass is 9.67. The number of amides is 3. The highest BCUT2D eigenvalue weighted by Gasteiger charge is 2.55. The number of hydrogen-bond acceptors (Lipinski definition) is 6. The molecule has 0 saturated heterocycles. The average molecular weight is 391 g/mol. The van der Waals surface area contributed by atoms with Gasteiger partial charge in [-0.25, -0.2) is 5.43 Å². The Balaban J connectivity index is 1.44. The molecule has 1 heterocycles. The predicted molar refractivity (Wildman–Crippen MR) is 93.8 cm³/mol. The summed E-state index contributed by atoms with van der Waals surface area (Å²) in [4.78, 5) is 58.9. The lowest BCUT2D eigenvalue weighted by Crippen LogP contribution is -2.51. The third kappa shape index (κ3) is 3.67. The number of imide groups is 1. The lowest BCUT2D eigenvalue weighted by Gasteiger charge is -2.34. The summed E-state index contributed by atoms with van der Waals surface area (Å²) >= 11 is 0. The molecule has 10 heteroatoms. The quantitative estimate of drug-likeness (QED) is 0.330. The van der Waals surface area contributed by atoms with E-state index in [0.29, 0.717) is 37.9 Å². The van der Waals surface area contributed by atoms with Gasteiger partial charge < -0.3 is 10.2 Å². The first-order chi connectivity index (χ1) is 13.2. The van der Waals surface area contributed by atoms with Crippen LogP contribution >= 0.6 is 0 Å². The first kappa shape index (κ1) is 19.7. The third-order valence-electron chi connectivity index (χ3n) is 5.71. The summed E-state index contributed by atoms with van der Waals surface area (Å²) in [5, 5.41) is 22.0. The van der Waals surface area contributed by atoms with Crippen LogP contribution in [0.3, 0.4) is 0 Å². The number of carbonyl (C=O) groups excluding carboxylic acids is 3. The molecule has 0 aromatic carbocycles. The van der Waals surface area contributed by atoms with Crippen molar-refractivity contribution in [3.63, 3.8) is 0 Å². The number of aliphatic carboxylic acids is 2. The number of rotatable bonds is 6. The van der Waals surface area contributed by atoms with E-state index in [1.807, 2.05) is 0 Å². The fourth-order valence-electron chi connectivity index (χ4n) is 3.82. The molecule has 2 aliphatic carbocycles. The summed E-state index contributed by atoms with van der Waals surface area (Å²) in [6.45, 7) is 0.355. The largest absolute Gasteiger partial charge is 0.480 e. The van der Waals surface area contributed by atoms with Crippen LogP contribution in [0.25, 0.3) is 0 Å². The maximum Gasteiger partial charge on any atom is 0.321 e. The molecule has 10 nitrogen and oxygen atoms in total. The van der Waals surface area contributed by atoms with Crippen LogP contribution in [0.15, 0.2) is 17.3 Å². The van der Waals surface area contributed by atoms with Crippen LogP contribution in [0.2, 0.25) is 0 Å².